The largest absolute Gasteiger partial charge is 0.433 e. The summed E-state index contributed by atoms with van der Waals surface area (Å²) in [6, 6.07) is 40.3. The van der Waals surface area contributed by atoms with Crippen molar-refractivity contribution in [1.29, 1.82) is 5.26 Å². The van der Waals surface area contributed by atoms with Crippen molar-refractivity contribution in [3.05, 3.63) is 172 Å². The van der Waals surface area contributed by atoms with E-state index in [1.54, 1.807) is 12.1 Å². The molecule has 4 aromatic carbocycles. The number of nitriles is 1. The SMILES string of the molecule is Cc1cc(-c2ccc(C#N)cc2)c(C)n1Cc1cc(C(F)(F)F)n(C(c2ccccc2)(c2ccccc2)c2ccccc2)n1. The Morgan fingerprint density at radius 1 is 0.705 bits per heavy atom. The number of halogens is 3. The molecule has 218 valence electrons. The quantitative estimate of drug-likeness (QED) is 0.176. The second-order valence-electron chi connectivity index (χ2n) is 10.8. The number of rotatable bonds is 7. The minimum absolute atomic E-state index is 0.151. The normalized spacial score (nSPS) is 11.8. The molecule has 0 atom stereocenters. The predicted octanol–water partition coefficient (Wildman–Crippen LogP) is 8.75. The van der Waals surface area contributed by atoms with Crippen LogP contribution in [0.1, 0.15) is 45.0 Å². The predicted molar refractivity (Wildman–Crippen MR) is 165 cm³/mol. The van der Waals surface area contributed by atoms with Crippen molar-refractivity contribution in [2.45, 2.75) is 32.1 Å². The zero-order valence-corrected chi connectivity index (χ0v) is 24.3. The number of alkyl halides is 3. The lowest BCUT2D eigenvalue weighted by molar-refractivity contribution is -0.145. The van der Waals surface area contributed by atoms with Gasteiger partial charge in [-0.15, -0.1) is 0 Å². The van der Waals surface area contributed by atoms with Crippen molar-refractivity contribution in [3.63, 3.8) is 0 Å². The lowest BCUT2D eigenvalue weighted by Gasteiger charge is -2.37. The van der Waals surface area contributed by atoms with Crippen LogP contribution < -0.4 is 0 Å². The van der Waals surface area contributed by atoms with Crippen LogP contribution >= 0.6 is 0 Å². The summed E-state index contributed by atoms with van der Waals surface area (Å²) in [5.41, 5.74) is 4.28. The molecule has 6 rings (SSSR count). The standard InChI is InChI=1S/C37H29F3N4/c1-26-22-34(29-20-18-28(24-41)19-21-29)27(2)43(26)25-33-23-35(37(38,39)40)44(42-33)36(30-12-6-3-7-13-30,31-14-8-4-9-15-31)32-16-10-5-11-17-32/h3-23H,25H2,1-2H3. The third-order valence-electron chi connectivity index (χ3n) is 8.16. The maximum absolute atomic E-state index is 15.0. The highest BCUT2D eigenvalue weighted by Crippen LogP contribution is 2.44. The van der Waals surface area contributed by atoms with Crippen LogP contribution in [0.3, 0.4) is 0 Å². The lowest BCUT2D eigenvalue weighted by atomic mass is 9.77. The highest BCUT2D eigenvalue weighted by Gasteiger charge is 2.46. The average Bonchev–Trinajstić information content (AvgIpc) is 3.60. The van der Waals surface area contributed by atoms with E-state index in [9.17, 15) is 5.26 Å². The fourth-order valence-electron chi connectivity index (χ4n) is 6.09. The Balaban J connectivity index is 1.57. The summed E-state index contributed by atoms with van der Waals surface area (Å²) in [7, 11) is 0. The van der Waals surface area contributed by atoms with Crippen molar-refractivity contribution in [3.8, 4) is 17.2 Å². The van der Waals surface area contributed by atoms with Crippen molar-refractivity contribution >= 4 is 0 Å². The van der Waals surface area contributed by atoms with Gasteiger partial charge in [0.25, 0.3) is 0 Å². The minimum Gasteiger partial charge on any atom is -0.343 e. The highest BCUT2D eigenvalue weighted by molar-refractivity contribution is 5.68. The third-order valence-corrected chi connectivity index (χ3v) is 8.16. The van der Waals surface area contributed by atoms with E-state index in [0.717, 1.165) is 27.2 Å². The molecular weight excluding hydrogens is 557 g/mol. The van der Waals surface area contributed by atoms with Crippen molar-refractivity contribution in [1.82, 2.24) is 14.3 Å². The van der Waals surface area contributed by atoms with Gasteiger partial charge in [-0.05, 0) is 60.4 Å². The smallest absolute Gasteiger partial charge is 0.343 e. The van der Waals surface area contributed by atoms with Crippen LogP contribution in [0.15, 0.2) is 127 Å². The van der Waals surface area contributed by atoms with Crippen molar-refractivity contribution < 1.29 is 13.2 Å². The molecule has 0 radical (unpaired) electrons. The maximum atomic E-state index is 15.0. The second-order valence-corrected chi connectivity index (χ2v) is 10.8. The summed E-state index contributed by atoms with van der Waals surface area (Å²) < 4.78 is 48.2. The van der Waals surface area contributed by atoms with Gasteiger partial charge in [0.05, 0.1) is 23.9 Å². The van der Waals surface area contributed by atoms with Gasteiger partial charge in [0.15, 0.2) is 0 Å². The second kappa shape index (κ2) is 11.4. The lowest BCUT2D eigenvalue weighted by Crippen LogP contribution is -2.41. The Labute approximate surface area is 254 Å². The van der Waals surface area contributed by atoms with E-state index in [4.69, 9.17) is 5.10 Å². The molecule has 0 spiro atoms. The summed E-state index contributed by atoms with van der Waals surface area (Å²) in [5, 5.41) is 14.0. The van der Waals surface area contributed by atoms with Crippen molar-refractivity contribution in [2.24, 2.45) is 0 Å². The zero-order chi connectivity index (χ0) is 30.9. The Morgan fingerprint density at radius 3 is 1.66 bits per heavy atom. The number of aryl methyl sites for hydroxylation is 1. The third kappa shape index (κ3) is 4.99. The number of hydrogen-bond acceptors (Lipinski definition) is 2. The highest BCUT2D eigenvalue weighted by atomic mass is 19.4. The van der Waals surface area contributed by atoms with E-state index in [2.05, 4.69) is 6.07 Å². The van der Waals surface area contributed by atoms with Crippen LogP contribution in [-0.4, -0.2) is 14.3 Å². The number of hydrogen-bond donors (Lipinski definition) is 0. The summed E-state index contributed by atoms with van der Waals surface area (Å²) in [6.07, 6.45) is -4.68. The summed E-state index contributed by atoms with van der Waals surface area (Å²) in [6.45, 7) is 4.03. The minimum atomic E-state index is -4.68. The van der Waals surface area contributed by atoms with Crippen LogP contribution in [0.5, 0.6) is 0 Å². The molecule has 0 saturated carbocycles. The van der Waals surface area contributed by atoms with Gasteiger partial charge in [0.1, 0.15) is 11.2 Å². The molecule has 2 heterocycles. The number of nitrogens with zero attached hydrogens (tertiary/aromatic N) is 4. The molecule has 0 unspecified atom stereocenters. The van der Waals surface area contributed by atoms with Gasteiger partial charge >= 0.3 is 6.18 Å². The molecule has 44 heavy (non-hydrogen) atoms. The molecule has 4 nitrogen and oxygen atoms in total. The van der Waals surface area contributed by atoms with Crippen molar-refractivity contribution in [2.75, 3.05) is 0 Å². The molecule has 0 aliphatic heterocycles. The van der Waals surface area contributed by atoms with E-state index in [1.165, 1.54) is 6.07 Å². The van der Waals surface area contributed by atoms with E-state index < -0.39 is 17.4 Å². The van der Waals surface area contributed by atoms with Crippen LogP contribution in [0.25, 0.3) is 11.1 Å². The number of aromatic nitrogens is 3. The van der Waals surface area contributed by atoms with Crippen LogP contribution in [0.2, 0.25) is 0 Å². The van der Waals surface area contributed by atoms with Gasteiger partial charge in [0, 0.05) is 17.0 Å². The van der Waals surface area contributed by atoms with E-state index in [0.29, 0.717) is 22.3 Å². The first-order valence-electron chi connectivity index (χ1n) is 14.2. The maximum Gasteiger partial charge on any atom is 0.433 e. The molecule has 0 bridgehead atoms. The van der Waals surface area contributed by atoms with E-state index >= 15 is 13.2 Å². The molecule has 0 amide bonds. The number of benzene rings is 4. The first-order valence-corrected chi connectivity index (χ1v) is 14.2. The first-order chi connectivity index (χ1) is 21.2. The molecule has 0 aliphatic rings. The van der Waals surface area contributed by atoms with Gasteiger partial charge in [-0.3, -0.25) is 0 Å². The molecule has 0 aliphatic carbocycles. The van der Waals surface area contributed by atoms with Gasteiger partial charge in [-0.1, -0.05) is 103 Å². The van der Waals surface area contributed by atoms with Gasteiger partial charge in [-0.2, -0.15) is 23.5 Å². The van der Waals surface area contributed by atoms with Crippen LogP contribution in [0, 0.1) is 25.2 Å². The summed E-state index contributed by atoms with van der Waals surface area (Å²) in [5.74, 6) is 0. The first kappa shape index (κ1) is 28.8. The molecule has 7 heteroatoms. The van der Waals surface area contributed by atoms with Crippen LogP contribution in [-0.2, 0) is 18.3 Å². The summed E-state index contributed by atoms with van der Waals surface area (Å²) >= 11 is 0. The summed E-state index contributed by atoms with van der Waals surface area (Å²) in [4.78, 5) is 0. The van der Waals surface area contributed by atoms with Gasteiger partial charge in [0.2, 0.25) is 0 Å². The fraction of sp³-hybridized carbons (Fsp3) is 0.135. The Morgan fingerprint density at radius 2 is 1.20 bits per heavy atom. The monoisotopic (exact) mass is 586 g/mol. The molecular formula is C37H29F3N4. The van der Waals surface area contributed by atoms with Gasteiger partial charge in [-0.25, -0.2) is 4.68 Å². The fourth-order valence-corrected chi connectivity index (χ4v) is 6.09. The molecule has 0 fully saturated rings. The molecule has 6 aromatic rings. The Hall–Kier alpha value is -5.35. The zero-order valence-electron chi connectivity index (χ0n) is 24.3. The Kier molecular flexibility index (Phi) is 7.44. The van der Waals surface area contributed by atoms with Gasteiger partial charge < -0.3 is 4.57 Å². The topological polar surface area (TPSA) is 46.5 Å². The average molecular weight is 587 g/mol. The molecule has 0 N–H and O–H groups in total. The van der Waals surface area contributed by atoms with E-state index in [1.807, 2.05) is 128 Å². The Bertz CT molecular complexity index is 1830. The molecule has 2 aromatic heterocycles. The van der Waals surface area contributed by atoms with Crippen LogP contribution in [0.4, 0.5) is 13.2 Å². The van der Waals surface area contributed by atoms with E-state index in [-0.39, 0.29) is 12.2 Å². The molecule has 0 saturated heterocycles.